The molecular weight excluding hydrogens is 192 g/mol. The molecule has 0 spiro atoms. The number of Topliss-reactive ketones (excluding diaryl/α,β-unsaturated/α-hetero) is 1. The minimum Gasteiger partial charge on any atom is -0.295 e. The van der Waals surface area contributed by atoms with E-state index in [1.54, 1.807) is 6.08 Å². The quantitative estimate of drug-likeness (QED) is 0.506. The van der Waals surface area contributed by atoms with E-state index in [0.717, 1.165) is 0 Å². The van der Waals surface area contributed by atoms with Gasteiger partial charge in [0.1, 0.15) is 0 Å². The van der Waals surface area contributed by atoms with E-state index in [1.807, 2.05) is 0 Å². The summed E-state index contributed by atoms with van der Waals surface area (Å²) in [6.45, 7) is 8.54. The lowest BCUT2D eigenvalue weighted by molar-refractivity contribution is -0.113. The number of allylic oxidation sites excluding steroid dienone is 4. The number of ketones is 1. The zero-order chi connectivity index (χ0) is 8.15. The van der Waals surface area contributed by atoms with Crippen molar-refractivity contribution in [3.63, 3.8) is 0 Å². The van der Waals surface area contributed by atoms with Crippen LogP contribution in [0.25, 0.3) is 0 Å². The van der Waals surface area contributed by atoms with E-state index in [0.29, 0.717) is 10.1 Å². The number of hydrogen-bond donors (Lipinski definition) is 0. The molecule has 0 aliphatic carbocycles. The van der Waals surface area contributed by atoms with E-state index in [-0.39, 0.29) is 5.78 Å². The molecular formula is C8H9BrO. The summed E-state index contributed by atoms with van der Waals surface area (Å²) in [5, 5.41) is 0. The molecule has 0 amide bonds. The van der Waals surface area contributed by atoms with Crippen LogP contribution in [0.2, 0.25) is 0 Å². The molecule has 0 heterocycles. The summed E-state index contributed by atoms with van der Waals surface area (Å²) >= 11 is 3.11. The van der Waals surface area contributed by atoms with Gasteiger partial charge >= 0.3 is 0 Å². The highest BCUT2D eigenvalue weighted by Crippen LogP contribution is 2.08. The Morgan fingerprint density at radius 1 is 1.60 bits per heavy atom. The summed E-state index contributed by atoms with van der Waals surface area (Å²) in [5.41, 5.74) is 0.571. The van der Waals surface area contributed by atoms with E-state index < -0.39 is 0 Å². The Hall–Kier alpha value is -0.630. The normalized spacial score (nSPS) is 10.8. The number of halogens is 1. The first-order valence-electron chi connectivity index (χ1n) is 2.77. The molecule has 1 nitrogen and oxygen atoms in total. The molecule has 0 atom stereocenters. The average Bonchev–Trinajstić information content (AvgIpc) is 1.81. The Morgan fingerprint density at radius 3 is 2.20 bits per heavy atom. The van der Waals surface area contributed by atoms with E-state index in [4.69, 9.17) is 0 Å². The highest BCUT2D eigenvalue weighted by molar-refractivity contribution is 9.11. The topological polar surface area (TPSA) is 17.1 Å². The summed E-state index contributed by atoms with van der Waals surface area (Å²) in [5.74, 6) is -0.00407. The van der Waals surface area contributed by atoms with Crippen LogP contribution in [0.1, 0.15) is 6.92 Å². The van der Waals surface area contributed by atoms with Crippen LogP contribution in [0.4, 0.5) is 0 Å². The highest BCUT2D eigenvalue weighted by Gasteiger charge is 1.96. The third kappa shape index (κ3) is 3.41. The maximum absolute atomic E-state index is 10.7. The molecule has 2 heteroatoms. The number of hydrogen-bond acceptors (Lipinski definition) is 1. The molecule has 0 saturated carbocycles. The van der Waals surface area contributed by atoms with Gasteiger partial charge in [0.2, 0.25) is 0 Å². The van der Waals surface area contributed by atoms with Gasteiger partial charge in [-0.25, -0.2) is 0 Å². The summed E-state index contributed by atoms with van der Waals surface area (Å²) in [6, 6.07) is 0. The first-order chi connectivity index (χ1) is 4.57. The van der Waals surface area contributed by atoms with Gasteiger partial charge in [-0.2, -0.15) is 0 Å². The van der Waals surface area contributed by atoms with E-state index in [2.05, 4.69) is 29.1 Å². The second kappa shape index (κ2) is 4.23. The number of carbonyl (C=O) groups excluding carboxylic acids is 1. The molecule has 0 bridgehead atoms. The van der Waals surface area contributed by atoms with Crippen LogP contribution in [0.3, 0.4) is 0 Å². The molecule has 0 aliphatic rings. The smallest absolute Gasteiger partial charge is 0.159 e. The van der Waals surface area contributed by atoms with Crippen molar-refractivity contribution in [1.82, 2.24) is 0 Å². The Bertz CT molecular complexity index is 201. The second-order valence-corrected chi connectivity index (χ2v) is 2.83. The van der Waals surface area contributed by atoms with Gasteiger partial charge in [0.15, 0.2) is 5.78 Å². The van der Waals surface area contributed by atoms with E-state index >= 15 is 0 Å². The van der Waals surface area contributed by atoms with Crippen LogP contribution in [-0.2, 0) is 4.79 Å². The zero-order valence-electron chi connectivity index (χ0n) is 5.86. The van der Waals surface area contributed by atoms with Gasteiger partial charge in [-0.05, 0) is 13.0 Å². The fraction of sp³-hybridized carbons (Fsp3) is 0.125. The molecule has 0 radical (unpaired) electrons. The van der Waals surface area contributed by atoms with Crippen molar-refractivity contribution in [3.8, 4) is 0 Å². The molecule has 0 aliphatic heterocycles. The predicted molar refractivity (Wildman–Crippen MR) is 47.0 cm³/mol. The SMILES string of the molecule is C=C/C(=C\C(=C)Br)C(C)=O. The second-order valence-electron chi connectivity index (χ2n) is 1.81. The Morgan fingerprint density at radius 2 is 2.10 bits per heavy atom. The third-order valence-corrected chi connectivity index (χ3v) is 1.17. The van der Waals surface area contributed by atoms with Crippen LogP contribution in [0.5, 0.6) is 0 Å². The molecule has 0 saturated heterocycles. The minimum atomic E-state index is -0.00407. The van der Waals surface area contributed by atoms with E-state index in [9.17, 15) is 4.79 Å². The summed E-state index contributed by atoms with van der Waals surface area (Å²) in [4.78, 5) is 10.7. The van der Waals surface area contributed by atoms with Crippen molar-refractivity contribution in [2.45, 2.75) is 6.92 Å². The van der Waals surface area contributed by atoms with Gasteiger partial charge in [0.05, 0.1) is 0 Å². The molecule has 0 unspecified atom stereocenters. The lowest BCUT2D eigenvalue weighted by Crippen LogP contribution is -1.91. The minimum absolute atomic E-state index is 0.00407. The van der Waals surface area contributed by atoms with Gasteiger partial charge in [-0.1, -0.05) is 35.2 Å². The molecule has 0 N–H and O–H groups in total. The van der Waals surface area contributed by atoms with Crippen molar-refractivity contribution >= 4 is 21.7 Å². The van der Waals surface area contributed by atoms with Crippen LogP contribution >= 0.6 is 15.9 Å². The van der Waals surface area contributed by atoms with Crippen molar-refractivity contribution in [2.75, 3.05) is 0 Å². The fourth-order valence-corrected chi connectivity index (χ4v) is 0.720. The number of rotatable bonds is 3. The summed E-state index contributed by atoms with van der Waals surface area (Å²) < 4.78 is 0.678. The molecule has 10 heavy (non-hydrogen) atoms. The number of carbonyl (C=O) groups is 1. The van der Waals surface area contributed by atoms with Crippen LogP contribution in [0, 0.1) is 0 Å². The Balaban J connectivity index is 4.49. The van der Waals surface area contributed by atoms with Crippen molar-refractivity contribution in [2.24, 2.45) is 0 Å². The molecule has 0 aromatic rings. The Kier molecular flexibility index (Phi) is 3.96. The maximum Gasteiger partial charge on any atom is 0.159 e. The van der Waals surface area contributed by atoms with Gasteiger partial charge in [-0.15, -0.1) is 0 Å². The zero-order valence-corrected chi connectivity index (χ0v) is 7.44. The molecule has 0 fully saturated rings. The first-order valence-corrected chi connectivity index (χ1v) is 3.56. The maximum atomic E-state index is 10.7. The van der Waals surface area contributed by atoms with Crippen molar-refractivity contribution in [1.29, 1.82) is 0 Å². The average molecular weight is 201 g/mol. The molecule has 0 aromatic heterocycles. The first kappa shape index (κ1) is 9.37. The van der Waals surface area contributed by atoms with Crippen LogP contribution in [0.15, 0.2) is 35.4 Å². The monoisotopic (exact) mass is 200 g/mol. The van der Waals surface area contributed by atoms with Crippen molar-refractivity contribution in [3.05, 3.63) is 35.4 Å². The summed E-state index contributed by atoms with van der Waals surface area (Å²) in [6.07, 6.45) is 3.14. The lowest BCUT2D eigenvalue weighted by atomic mass is 10.2. The van der Waals surface area contributed by atoms with Gasteiger partial charge < -0.3 is 0 Å². The lowest BCUT2D eigenvalue weighted by Gasteiger charge is -1.92. The molecule has 54 valence electrons. The van der Waals surface area contributed by atoms with E-state index in [1.165, 1.54) is 13.0 Å². The predicted octanol–water partition coefficient (Wildman–Crippen LogP) is 2.60. The standard InChI is InChI=1S/C8H9BrO/c1-4-8(7(3)10)5-6(2)9/h4-5H,1-2H2,3H3/b8-5+. The van der Waals surface area contributed by atoms with Gasteiger partial charge in [-0.3, -0.25) is 4.79 Å². The highest BCUT2D eigenvalue weighted by atomic mass is 79.9. The van der Waals surface area contributed by atoms with Crippen LogP contribution < -0.4 is 0 Å². The molecule has 0 rings (SSSR count). The van der Waals surface area contributed by atoms with Crippen LogP contribution in [-0.4, -0.2) is 5.78 Å². The Labute approximate surface area is 69.3 Å². The molecule has 0 aromatic carbocycles. The van der Waals surface area contributed by atoms with Crippen molar-refractivity contribution < 1.29 is 4.79 Å². The third-order valence-electron chi connectivity index (χ3n) is 0.939. The fourth-order valence-electron chi connectivity index (χ4n) is 0.473. The summed E-state index contributed by atoms with van der Waals surface area (Å²) in [7, 11) is 0. The van der Waals surface area contributed by atoms with Gasteiger partial charge in [0, 0.05) is 10.1 Å². The largest absolute Gasteiger partial charge is 0.295 e. The van der Waals surface area contributed by atoms with Gasteiger partial charge in [0.25, 0.3) is 0 Å².